The third-order valence-corrected chi connectivity index (χ3v) is 12.8. The number of allylic oxidation sites excluding steroid dienone is 1. The third-order valence-electron chi connectivity index (χ3n) is 12.8. The van der Waals surface area contributed by atoms with Crippen molar-refractivity contribution >= 4 is 11.8 Å². The third kappa shape index (κ3) is 4.98. The van der Waals surface area contributed by atoms with Crippen LogP contribution in [-0.2, 0) is 11.8 Å². The number of aliphatic hydroxyl groups is 1. The Balaban J connectivity index is 1.04. The fraction of sp³-hybridized carbons (Fsp3) is 0.794. The Morgan fingerprint density at radius 2 is 1.93 bits per heavy atom. The van der Waals surface area contributed by atoms with Crippen molar-refractivity contribution < 1.29 is 14.7 Å². The van der Waals surface area contributed by atoms with Crippen LogP contribution >= 0.6 is 0 Å². The molecule has 9 atom stereocenters. The molecule has 1 aromatic heterocycles. The fourth-order valence-electron chi connectivity index (χ4n) is 10.5. The van der Waals surface area contributed by atoms with Gasteiger partial charge in [0, 0.05) is 45.3 Å². The van der Waals surface area contributed by atoms with Crippen LogP contribution in [0.15, 0.2) is 24.0 Å². The molecule has 4 aliphatic carbocycles. The molecule has 0 unspecified atom stereocenters. The number of amides is 2. The van der Waals surface area contributed by atoms with Crippen LogP contribution in [0.5, 0.6) is 0 Å². The van der Waals surface area contributed by atoms with Gasteiger partial charge < -0.3 is 14.9 Å². The highest BCUT2D eigenvalue weighted by Crippen LogP contribution is 2.67. The molecule has 2 heterocycles. The number of rotatable bonds is 5. The molecule has 5 aliphatic rings. The van der Waals surface area contributed by atoms with E-state index in [4.69, 9.17) is 0 Å². The van der Waals surface area contributed by atoms with Crippen LogP contribution in [0.3, 0.4) is 0 Å². The normalized spacial score (nSPS) is 39.4. The van der Waals surface area contributed by atoms with Crippen molar-refractivity contribution in [1.82, 2.24) is 19.6 Å². The van der Waals surface area contributed by atoms with Crippen molar-refractivity contribution in [3.63, 3.8) is 0 Å². The number of fused-ring (bicyclic) bond motifs is 5. The lowest BCUT2D eigenvalue weighted by Gasteiger charge is -2.58. The van der Waals surface area contributed by atoms with Crippen molar-refractivity contribution in [3.05, 3.63) is 29.6 Å². The largest absolute Gasteiger partial charge is 0.393 e. The Morgan fingerprint density at radius 1 is 1.12 bits per heavy atom. The van der Waals surface area contributed by atoms with Crippen LogP contribution < -0.4 is 0 Å². The number of aliphatic hydroxyl groups excluding tert-OH is 1. The second kappa shape index (κ2) is 10.8. The zero-order chi connectivity index (χ0) is 29.1. The van der Waals surface area contributed by atoms with Gasteiger partial charge in [-0.15, -0.1) is 0 Å². The smallest absolute Gasteiger partial charge is 0.257 e. The number of aryl methyl sites for hydroxylation is 1. The van der Waals surface area contributed by atoms with E-state index < -0.39 is 0 Å². The van der Waals surface area contributed by atoms with Crippen LogP contribution in [0.1, 0.15) is 102 Å². The van der Waals surface area contributed by atoms with Gasteiger partial charge in [-0.3, -0.25) is 14.3 Å². The predicted octanol–water partition coefficient (Wildman–Crippen LogP) is 5.45. The van der Waals surface area contributed by atoms with Gasteiger partial charge in [-0.2, -0.15) is 5.10 Å². The summed E-state index contributed by atoms with van der Waals surface area (Å²) in [5.41, 5.74) is 2.84. The average molecular weight is 565 g/mol. The van der Waals surface area contributed by atoms with E-state index in [0.717, 1.165) is 43.4 Å². The number of carbonyl (C=O) groups excluding carboxylic acids is 2. The summed E-state index contributed by atoms with van der Waals surface area (Å²) in [6, 6.07) is 0.00172. The first-order chi connectivity index (χ1) is 19.5. The highest BCUT2D eigenvalue weighted by Gasteiger charge is 2.59. The molecule has 41 heavy (non-hydrogen) atoms. The molecular formula is C34H52N4O3. The summed E-state index contributed by atoms with van der Waals surface area (Å²) in [6.45, 7) is 11.4. The van der Waals surface area contributed by atoms with Gasteiger partial charge in [-0.05, 0) is 105 Å². The van der Waals surface area contributed by atoms with E-state index in [0.29, 0.717) is 54.3 Å². The van der Waals surface area contributed by atoms with Crippen LogP contribution in [0.4, 0.5) is 0 Å². The first kappa shape index (κ1) is 28.9. The van der Waals surface area contributed by atoms with E-state index >= 15 is 0 Å². The van der Waals surface area contributed by atoms with Gasteiger partial charge in [0.25, 0.3) is 5.91 Å². The van der Waals surface area contributed by atoms with E-state index in [-0.39, 0.29) is 24.0 Å². The second-order valence-electron chi connectivity index (χ2n) is 15.0. The highest BCUT2D eigenvalue weighted by atomic mass is 16.3. The molecule has 2 amide bonds. The number of hydrogen-bond donors (Lipinski definition) is 1. The molecule has 1 saturated heterocycles. The molecule has 7 heteroatoms. The van der Waals surface area contributed by atoms with Crippen molar-refractivity contribution in [1.29, 1.82) is 0 Å². The molecule has 0 radical (unpaired) electrons. The fourth-order valence-corrected chi connectivity index (χ4v) is 10.5. The molecule has 1 aliphatic heterocycles. The summed E-state index contributed by atoms with van der Waals surface area (Å²) in [5, 5.41) is 14.5. The zero-order valence-corrected chi connectivity index (χ0v) is 26.0. The van der Waals surface area contributed by atoms with Crippen molar-refractivity contribution in [2.75, 3.05) is 19.6 Å². The second-order valence-corrected chi connectivity index (χ2v) is 15.0. The molecule has 6 rings (SSSR count). The van der Waals surface area contributed by atoms with E-state index in [1.54, 1.807) is 22.6 Å². The molecule has 0 spiro atoms. The number of carbonyl (C=O) groups is 2. The summed E-state index contributed by atoms with van der Waals surface area (Å²) in [4.78, 5) is 30.2. The molecular weight excluding hydrogens is 512 g/mol. The maximum absolute atomic E-state index is 13.3. The van der Waals surface area contributed by atoms with Gasteiger partial charge in [0.15, 0.2) is 0 Å². The lowest BCUT2D eigenvalue weighted by Crippen LogP contribution is -2.55. The first-order valence-electron chi connectivity index (χ1n) is 16.5. The average Bonchev–Trinajstić information content (AvgIpc) is 3.54. The standard InChI is InChI=1S/C34H52N4O3/c1-22(6-11-31(40)37-16-17-38(23(2)20-37)32(41)24-19-35-36(5)21-24)28-9-10-29-27-8-7-25-18-26(39)12-14-33(25,3)30(27)13-15-34(28,29)4/h7,19,21-23,26-30,39H,6,8-18,20H2,1-5H3/t22-,23+,26+,27+,28-,29+,30+,33+,34-/m1/s1. The molecule has 3 saturated carbocycles. The molecule has 7 nitrogen and oxygen atoms in total. The number of piperazine rings is 1. The summed E-state index contributed by atoms with van der Waals surface area (Å²) in [6.07, 6.45) is 16.8. The van der Waals surface area contributed by atoms with Crippen LogP contribution in [-0.4, -0.2) is 68.3 Å². The minimum Gasteiger partial charge on any atom is -0.393 e. The Labute approximate surface area is 246 Å². The number of aromatic nitrogens is 2. The van der Waals surface area contributed by atoms with Crippen LogP contribution in [0.25, 0.3) is 0 Å². The highest BCUT2D eigenvalue weighted by molar-refractivity contribution is 5.94. The summed E-state index contributed by atoms with van der Waals surface area (Å²) >= 11 is 0. The minimum absolute atomic E-state index is 0.00172. The molecule has 0 aromatic carbocycles. The number of hydrogen-bond acceptors (Lipinski definition) is 4. The van der Waals surface area contributed by atoms with E-state index in [1.165, 1.54) is 32.1 Å². The Morgan fingerprint density at radius 3 is 2.66 bits per heavy atom. The summed E-state index contributed by atoms with van der Waals surface area (Å²) in [5.74, 6) is 3.84. The molecule has 226 valence electrons. The lowest BCUT2D eigenvalue weighted by molar-refractivity contribution is -0.134. The van der Waals surface area contributed by atoms with Gasteiger partial charge in [0.2, 0.25) is 5.91 Å². The Bertz CT molecular complexity index is 1190. The zero-order valence-electron chi connectivity index (χ0n) is 26.0. The summed E-state index contributed by atoms with van der Waals surface area (Å²) in [7, 11) is 1.82. The maximum Gasteiger partial charge on any atom is 0.257 e. The van der Waals surface area contributed by atoms with Gasteiger partial charge >= 0.3 is 0 Å². The van der Waals surface area contributed by atoms with Crippen molar-refractivity contribution in [3.8, 4) is 0 Å². The van der Waals surface area contributed by atoms with E-state index in [2.05, 4.69) is 31.9 Å². The van der Waals surface area contributed by atoms with Gasteiger partial charge in [-0.25, -0.2) is 0 Å². The van der Waals surface area contributed by atoms with E-state index in [1.807, 2.05) is 23.8 Å². The van der Waals surface area contributed by atoms with E-state index in [9.17, 15) is 14.7 Å². The molecule has 1 N–H and O–H groups in total. The number of nitrogens with zero attached hydrogens (tertiary/aromatic N) is 4. The maximum atomic E-state index is 13.3. The van der Waals surface area contributed by atoms with Gasteiger partial charge in [0.05, 0.1) is 17.9 Å². The molecule has 4 fully saturated rings. The topological polar surface area (TPSA) is 78.7 Å². The van der Waals surface area contributed by atoms with Crippen LogP contribution in [0.2, 0.25) is 0 Å². The lowest BCUT2D eigenvalue weighted by atomic mass is 9.47. The van der Waals surface area contributed by atoms with Gasteiger partial charge in [0.1, 0.15) is 0 Å². The van der Waals surface area contributed by atoms with Crippen molar-refractivity contribution in [2.45, 2.75) is 104 Å². The Kier molecular flexibility index (Phi) is 7.65. The predicted molar refractivity (Wildman–Crippen MR) is 160 cm³/mol. The van der Waals surface area contributed by atoms with Crippen molar-refractivity contribution in [2.24, 2.45) is 47.5 Å². The Hall–Kier alpha value is -2.15. The van der Waals surface area contributed by atoms with Gasteiger partial charge in [-0.1, -0.05) is 32.4 Å². The minimum atomic E-state index is -0.138. The monoisotopic (exact) mass is 564 g/mol. The SMILES string of the molecule is C[C@H](CCC(=O)N1CCN(C(=O)c2cnn(C)c2)[C@@H](C)C1)[C@H]1CC[C@H]2[C@@H]3CC=C4C[C@@H](O)CC[C@]4(C)[C@H]3CC[C@]12C. The quantitative estimate of drug-likeness (QED) is 0.483. The summed E-state index contributed by atoms with van der Waals surface area (Å²) < 4.78 is 1.66. The van der Waals surface area contributed by atoms with Crippen LogP contribution in [0, 0.1) is 40.4 Å². The molecule has 1 aromatic rings. The first-order valence-corrected chi connectivity index (χ1v) is 16.5. The molecule has 0 bridgehead atoms.